The molecule has 1 aromatic heterocycles. The van der Waals surface area contributed by atoms with Gasteiger partial charge in [-0.1, -0.05) is 32.0 Å². The van der Waals surface area contributed by atoms with Crippen LogP contribution in [0, 0.1) is 0 Å². The van der Waals surface area contributed by atoms with Crippen molar-refractivity contribution in [3.05, 3.63) is 58.3 Å². The summed E-state index contributed by atoms with van der Waals surface area (Å²) in [6.45, 7) is 4.30. The van der Waals surface area contributed by atoms with Crippen LogP contribution in [0.1, 0.15) is 42.1 Å². The van der Waals surface area contributed by atoms with Crippen LogP contribution < -0.4 is 5.32 Å². The number of carbonyl (C=O) groups is 1. The fourth-order valence-electron chi connectivity index (χ4n) is 2.00. The molecular weight excluding hydrogens is 316 g/mol. The van der Waals surface area contributed by atoms with E-state index in [4.69, 9.17) is 0 Å². The second kappa shape index (κ2) is 6.66. The first kappa shape index (κ1) is 14.7. The third-order valence-electron chi connectivity index (χ3n) is 3.34. The highest BCUT2D eigenvalue weighted by Gasteiger charge is 2.12. The van der Waals surface area contributed by atoms with Gasteiger partial charge >= 0.3 is 0 Å². The fourth-order valence-corrected chi connectivity index (χ4v) is 2.36. The van der Waals surface area contributed by atoms with E-state index in [0.29, 0.717) is 16.1 Å². The predicted molar refractivity (Wildman–Crippen MR) is 85.0 cm³/mol. The first-order valence-corrected chi connectivity index (χ1v) is 7.43. The Balaban J connectivity index is 2.24. The van der Waals surface area contributed by atoms with Crippen LogP contribution in [-0.2, 0) is 0 Å². The van der Waals surface area contributed by atoms with Crippen molar-refractivity contribution in [2.75, 3.05) is 5.32 Å². The molecule has 3 nitrogen and oxygen atoms in total. The van der Waals surface area contributed by atoms with E-state index in [0.717, 1.165) is 17.7 Å². The molecular formula is C16H17BrN2O. The number of pyridine rings is 1. The average molecular weight is 333 g/mol. The molecule has 1 N–H and O–H groups in total. The summed E-state index contributed by atoms with van der Waals surface area (Å²) in [6.07, 6.45) is 2.65. The molecule has 104 valence electrons. The molecule has 1 amide bonds. The van der Waals surface area contributed by atoms with Gasteiger partial charge in [0.05, 0.1) is 0 Å². The number of amides is 1. The van der Waals surface area contributed by atoms with Gasteiger partial charge in [-0.2, -0.15) is 0 Å². The van der Waals surface area contributed by atoms with Gasteiger partial charge in [0.1, 0.15) is 4.60 Å². The minimum atomic E-state index is -0.121. The zero-order valence-electron chi connectivity index (χ0n) is 11.6. The second-order valence-corrected chi connectivity index (χ2v) is 5.53. The van der Waals surface area contributed by atoms with E-state index in [1.165, 1.54) is 0 Å². The van der Waals surface area contributed by atoms with Crippen LogP contribution in [0.25, 0.3) is 0 Å². The second-order valence-electron chi connectivity index (χ2n) is 4.72. The molecule has 4 heteroatoms. The minimum Gasteiger partial charge on any atom is -0.322 e. The van der Waals surface area contributed by atoms with E-state index in [9.17, 15) is 4.79 Å². The van der Waals surface area contributed by atoms with Gasteiger partial charge in [-0.15, -0.1) is 0 Å². The number of rotatable bonds is 4. The summed E-state index contributed by atoms with van der Waals surface area (Å²) < 4.78 is 0.653. The summed E-state index contributed by atoms with van der Waals surface area (Å²) in [5.41, 5.74) is 2.63. The van der Waals surface area contributed by atoms with Crippen molar-refractivity contribution in [1.82, 2.24) is 4.98 Å². The molecule has 0 saturated heterocycles. The quantitative estimate of drug-likeness (QED) is 0.830. The standard InChI is InChI=1S/C16H17BrN2O/c1-3-11(2)13-6-4-5-7-14(13)19-16(20)12-8-9-18-15(17)10-12/h4-11H,3H2,1-2H3,(H,19,20). The van der Waals surface area contributed by atoms with E-state index in [-0.39, 0.29) is 5.91 Å². The number of para-hydroxylation sites is 1. The Morgan fingerprint density at radius 2 is 2.10 bits per heavy atom. The molecule has 0 fully saturated rings. The molecule has 0 bridgehead atoms. The van der Waals surface area contributed by atoms with Crippen LogP contribution in [0.2, 0.25) is 0 Å². The molecule has 0 aliphatic carbocycles. The maximum absolute atomic E-state index is 12.3. The van der Waals surface area contributed by atoms with E-state index in [2.05, 4.69) is 46.1 Å². The maximum atomic E-state index is 12.3. The number of hydrogen-bond donors (Lipinski definition) is 1. The summed E-state index contributed by atoms with van der Waals surface area (Å²) >= 11 is 3.27. The average Bonchev–Trinajstić information content (AvgIpc) is 2.47. The summed E-state index contributed by atoms with van der Waals surface area (Å²) in [6, 6.07) is 11.3. The number of benzene rings is 1. The summed E-state index contributed by atoms with van der Waals surface area (Å²) in [4.78, 5) is 16.3. The van der Waals surface area contributed by atoms with Crippen molar-refractivity contribution in [3.8, 4) is 0 Å². The summed E-state index contributed by atoms with van der Waals surface area (Å²) in [5, 5.41) is 2.98. The zero-order chi connectivity index (χ0) is 14.5. The first-order chi connectivity index (χ1) is 9.61. The predicted octanol–water partition coefficient (Wildman–Crippen LogP) is 4.61. The van der Waals surface area contributed by atoms with Crippen molar-refractivity contribution in [3.63, 3.8) is 0 Å². The third-order valence-corrected chi connectivity index (χ3v) is 3.77. The summed E-state index contributed by atoms with van der Waals surface area (Å²) in [7, 11) is 0. The van der Waals surface area contributed by atoms with Gasteiger partial charge in [0, 0.05) is 17.4 Å². The van der Waals surface area contributed by atoms with Crippen LogP contribution in [0.3, 0.4) is 0 Å². The first-order valence-electron chi connectivity index (χ1n) is 6.63. The van der Waals surface area contributed by atoms with Gasteiger partial charge in [0.25, 0.3) is 5.91 Å². The fraction of sp³-hybridized carbons (Fsp3) is 0.250. The molecule has 1 aromatic carbocycles. The summed E-state index contributed by atoms with van der Waals surface area (Å²) in [5.74, 6) is 0.291. The monoisotopic (exact) mass is 332 g/mol. The zero-order valence-corrected chi connectivity index (χ0v) is 13.1. The topological polar surface area (TPSA) is 42.0 Å². The highest BCUT2D eigenvalue weighted by Crippen LogP contribution is 2.26. The van der Waals surface area contributed by atoms with Crippen LogP contribution in [0.4, 0.5) is 5.69 Å². The molecule has 20 heavy (non-hydrogen) atoms. The molecule has 0 aliphatic rings. The van der Waals surface area contributed by atoms with Gasteiger partial charge < -0.3 is 5.32 Å². The van der Waals surface area contributed by atoms with Gasteiger partial charge in [-0.05, 0) is 52.0 Å². The number of nitrogens with zero attached hydrogens (tertiary/aromatic N) is 1. The van der Waals surface area contributed by atoms with Gasteiger partial charge in [0.15, 0.2) is 0 Å². The Morgan fingerprint density at radius 1 is 1.35 bits per heavy atom. The van der Waals surface area contributed by atoms with E-state index in [1.807, 2.05) is 18.2 Å². The molecule has 2 rings (SSSR count). The lowest BCUT2D eigenvalue weighted by Gasteiger charge is -2.15. The molecule has 2 aromatic rings. The number of carbonyl (C=O) groups excluding carboxylic acids is 1. The van der Waals surface area contributed by atoms with Crippen LogP contribution in [0.5, 0.6) is 0 Å². The number of halogens is 1. The largest absolute Gasteiger partial charge is 0.322 e. The molecule has 0 aliphatic heterocycles. The van der Waals surface area contributed by atoms with Crippen molar-refractivity contribution >= 4 is 27.5 Å². The van der Waals surface area contributed by atoms with Gasteiger partial charge in [-0.25, -0.2) is 4.98 Å². The van der Waals surface area contributed by atoms with E-state index < -0.39 is 0 Å². The Kier molecular flexibility index (Phi) is 4.90. The third kappa shape index (κ3) is 3.45. The Hall–Kier alpha value is -1.68. The highest BCUT2D eigenvalue weighted by molar-refractivity contribution is 9.10. The normalized spacial score (nSPS) is 11.9. The van der Waals surface area contributed by atoms with Crippen LogP contribution in [-0.4, -0.2) is 10.9 Å². The molecule has 0 saturated carbocycles. The minimum absolute atomic E-state index is 0.121. The number of nitrogens with one attached hydrogen (secondary N) is 1. The number of hydrogen-bond acceptors (Lipinski definition) is 2. The number of aromatic nitrogens is 1. The van der Waals surface area contributed by atoms with Crippen molar-refractivity contribution in [2.24, 2.45) is 0 Å². The van der Waals surface area contributed by atoms with E-state index >= 15 is 0 Å². The lowest BCUT2D eigenvalue weighted by atomic mass is 9.97. The lowest BCUT2D eigenvalue weighted by molar-refractivity contribution is 0.102. The van der Waals surface area contributed by atoms with Crippen molar-refractivity contribution < 1.29 is 4.79 Å². The lowest BCUT2D eigenvalue weighted by Crippen LogP contribution is -2.14. The van der Waals surface area contributed by atoms with Crippen LogP contribution >= 0.6 is 15.9 Å². The van der Waals surface area contributed by atoms with Gasteiger partial charge in [0.2, 0.25) is 0 Å². The molecule has 1 heterocycles. The van der Waals surface area contributed by atoms with Crippen molar-refractivity contribution in [1.29, 1.82) is 0 Å². The Morgan fingerprint density at radius 3 is 2.80 bits per heavy atom. The maximum Gasteiger partial charge on any atom is 0.255 e. The Bertz CT molecular complexity index is 613. The highest BCUT2D eigenvalue weighted by atomic mass is 79.9. The number of anilines is 1. The molecule has 0 spiro atoms. The van der Waals surface area contributed by atoms with Gasteiger partial charge in [-0.3, -0.25) is 4.79 Å². The Labute approximate surface area is 127 Å². The van der Waals surface area contributed by atoms with Crippen LogP contribution in [0.15, 0.2) is 47.2 Å². The molecule has 1 unspecified atom stereocenters. The molecule has 0 radical (unpaired) electrons. The van der Waals surface area contributed by atoms with Crippen molar-refractivity contribution in [2.45, 2.75) is 26.2 Å². The smallest absolute Gasteiger partial charge is 0.255 e. The van der Waals surface area contributed by atoms with E-state index in [1.54, 1.807) is 18.3 Å². The SMILES string of the molecule is CCC(C)c1ccccc1NC(=O)c1ccnc(Br)c1. The molecule has 1 atom stereocenters.